The highest BCUT2D eigenvalue weighted by atomic mass is 32.2. The van der Waals surface area contributed by atoms with E-state index >= 15 is 0 Å². The van der Waals surface area contributed by atoms with Gasteiger partial charge in [-0.1, -0.05) is 12.2 Å². The highest BCUT2D eigenvalue weighted by molar-refractivity contribution is 8.47. The van der Waals surface area contributed by atoms with E-state index in [2.05, 4.69) is 0 Å². The lowest BCUT2D eigenvalue weighted by atomic mass is 10.6. The zero-order valence-corrected chi connectivity index (χ0v) is 14.2. The Labute approximate surface area is 123 Å². The van der Waals surface area contributed by atoms with Gasteiger partial charge in [0, 0.05) is 31.6 Å². The van der Waals surface area contributed by atoms with Gasteiger partial charge in [-0.2, -0.15) is 8.42 Å². The smallest absolute Gasteiger partial charge is 0.276 e. The van der Waals surface area contributed by atoms with Crippen molar-refractivity contribution in [2.75, 3.05) is 39.7 Å². The molecule has 0 aromatic heterocycles. The summed E-state index contributed by atoms with van der Waals surface area (Å²) in [6, 6.07) is 0. The molecular weight excluding hydrogens is 312 g/mol. The number of hydrogen-bond donors (Lipinski definition) is 1. The summed E-state index contributed by atoms with van der Waals surface area (Å²) >= 11 is 8.21. The molecule has 0 aliphatic rings. The van der Waals surface area contributed by atoms with Gasteiger partial charge < -0.3 is 4.90 Å². The lowest BCUT2D eigenvalue weighted by Crippen LogP contribution is -2.20. The molecule has 0 aliphatic heterocycles. The van der Waals surface area contributed by atoms with Gasteiger partial charge >= 0.3 is 0 Å². The minimum absolute atomic E-state index is 0.205. The van der Waals surface area contributed by atoms with E-state index in [9.17, 15) is 8.42 Å². The molecule has 5 nitrogen and oxygen atoms in total. The number of thiocarbonyl (C=S) groups is 1. The van der Waals surface area contributed by atoms with Crippen molar-refractivity contribution in [3.8, 4) is 0 Å². The Hall–Kier alpha value is 0.170. The predicted octanol–water partition coefficient (Wildman–Crippen LogP) is 1.21. The molecular formula is C9H19N2O3S4+. The molecule has 0 saturated carbocycles. The third-order valence-corrected chi connectivity index (χ3v) is 5.88. The SMILES string of the molecule is CN(C)C(=S)SC(SCCCS(=O)(=O)O)=[N+](C)C. The Morgan fingerprint density at radius 1 is 1.39 bits per heavy atom. The molecule has 0 saturated heterocycles. The van der Waals surface area contributed by atoms with E-state index in [1.165, 1.54) is 23.5 Å². The quantitative estimate of drug-likeness (QED) is 0.207. The molecule has 0 spiro atoms. The Morgan fingerprint density at radius 2 is 1.94 bits per heavy atom. The van der Waals surface area contributed by atoms with Crippen LogP contribution < -0.4 is 0 Å². The number of rotatable bonds is 4. The van der Waals surface area contributed by atoms with E-state index in [1.54, 1.807) is 0 Å². The van der Waals surface area contributed by atoms with Crippen molar-refractivity contribution >= 4 is 54.6 Å². The van der Waals surface area contributed by atoms with E-state index in [1.807, 2.05) is 37.7 Å². The molecule has 0 aliphatic carbocycles. The van der Waals surface area contributed by atoms with Gasteiger partial charge in [0.2, 0.25) is 0 Å². The maximum absolute atomic E-state index is 10.6. The summed E-state index contributed by atoms with van der Waals surface area (Å²) in [5.74, 6) is 0.417. The molecule has 0 aromatic rings. The van der Waals surface area contributed by atoms with Crippen molar-refractivity contribution in [2.45, 2.75) is 6.42 Å². The van der Waals surface area contributed by atoms with Crippen LogP contribution in [0.4, 0.5) is 0 Å². The molecule has 0 rings (SSSR count). The summed E-state index contributed by atoms with van der Waals surface area (Å²) in [6.07, 6.45) is 0.413. The first-order valence-corrected chi connectivity index (χ1v) is 8.97. The average molecular weight is 332 g/mol. The Balaban J connectivity index is 4.25. The molecule has 0 heterocycles. The topological polar surface area (TPSA) is 60.6 Å². The monoisotopic (exact) mass is 331 g/mol. The minimum Gasteiger partial charge on any atom is -0.363 e. The van der Waals surface area contributed by atoms with Crippen LogP contribution in [-0.2, 0) is 10.1 Å². The van der Waals surface area contributed by atoms with E-state index in [0.29, 0.717) is 12.2 Å². The number of thioether (sulfide) groups is 2. The van der Waals surface area contributed by atoms with Crippen LogP contribution in [0, 0.1) is 0 Å². The predicted molar refractivity (Wildman–Crippen MR) is 84.5 cm³/mol. The maximum Gasteiger partial charge on any atom is 0.276 e. The highest BCUT2D eigenvalue weighted by Gasteiger charge is 2.15. The van der Waals surface area contributed by atoms with Crippen molar-refractivity contribution in [3.63, 3.8) is 0 Å². The molecule has 0 aromatic carbocycles. The van der Waals surface area contributed by atoms with Crippen molar-refractivity contribution in [2.24, 2.45) is 0 Å². The van der Waals surface area contributed by atoms with Gasteiger partial charge in [0.05, 0.1) is 5.75 Å². The third-order valence-electron chi connectivity index (χ3n) is 1.68. The Morgan fingerprint density at radius 3 is 2.33 bits per heavy atom. The molecule has 0 bridgehead atoms. The van der Waals surface area contributed by atoms with Crippen LogP contribution in [0.25, 0.3) is 0 Å². The minimum atomic E-state index is -3.86. The molecule has 0 unspecified atom stereocenters. The summed E-state index contributed by atoms with van der Waals surface area (Å²) in [4.78, 5) is 1.85. The van der Waals surface area contributed by atoms with Crippen LogP contribution in [0.5, 0.6) is 0 Å². The molecule has 0 radical (unpaired) electrons. The summed E-state index contributed by atoms with van der Waals surface area (Å²) < 4.78 is 33.5. The summed E-state index contributed by atoms with van der Waals surface area (Å²) in [6.45, 7) is 0. The third kappa shape index (κ3) is 9.15. The fourth-order valence-corrected chi connectivity index (χ4v) is 3.86. The van der Waals surface area contributed by atoms with Gasteiger partial charge in [-0.05, 0) is 18.2 Å². The first-order chi connectivity index (χ1) is 8.13. The molecule has 106 valence electrons. The maximum atomic E-state index is 10.6. The normalized spacial score (nSPS) is 11.2. The lowest BCUT2D eigenvalue weighted by molar-refractivity contribution is -0.458. The second-order valence-electron chi connectivity index (χ2n) is 3.91. The van der Waals surface area contributed by atoms with Crippen molar-refractivity contribution in [1.82, 2.24) is 4.90 Å². The second-order valence-corrected chi connectivity index (χ2v) is 8.45. The van der Waals surface area contributed by atoms with E-state index < -0.39 is 10.1 Å². The van der Waals surface area contributed by atoms with Gasteiger partial charge in [0.1, 0.15) is 18.4 Å². The second kappa shape index (κ2) is 8.36. The molecule has 9 heteroatoms. The van der Waals surface area contributed by atoms with Crippen LogP contribution in [0.3, 0.4) is 0 Å². The first kappa shape index (κ1) is 18.2. The zero-order chi connectivity index (χ0) is 14.3. The molecule has 1 N–H and O–H groups in total. The van der Waals surface area contributed by atoms with Crippen molar-refractivity contribution in [3.05, 3.63) is 0 Å². The van der Waals surface area contributed by atoms with Gasteiger partial charge in [-0.15, -0.1) is 0 Å². The van der Waals surface area contributed by atoms with Gasteiger partial charge in [-0.3, -0.25) is 4.55 Å². The van der Waals surface area contributed by atoms with E-state index in [0.717, 1.165) is 8.70 Å². The zero-order valence-electron chi connectivity index (χ0n) is 10.9. The molecule has 0 fully saturated rings. The van der Waals surface area contributed by atoms with Gasteiger partial charge in [0.25, 0.3) is 14.5 Å². The highest BCUT2D eigenvalue weighted by Crippen LogP contribution is 2.20. The fourth-order valence-electron chi connectivity index (χ4n) is 0.817. The van der Waals surface area contributed by atoms with Gasteiger partial charge in [-0.25, -0.2) is 4.58 Å². The standard InChI is InChI=1S/C9H18N2O3S4/c1-10(2)8(15)17-9(11(3)4)16-6-5-7-18(12,13)14/h5-7H2,1-4H3/p+1. The Kier molecular flexibility index (Phi) is 8.44. The van der Waals surface area contributed by atoms with Crippen molar-refractivity contribution < 1.29 is 17.5 Å². The molecule has 0 amide bonds. The average Bonchev–Trinajstić information content (AvgIpc) is 2.20. The number of hydrogen-bond acceptors (Lipinski definition) is 5. The largest absolute Gasteiger partial charge is 0.363 e. The van der Waals surface area contributed by atoms with Crippen LogP contribution >= 0.6 is 35.7 Å². The van der Waals surface area contributed by atoms with Crippen LogP contribution in [0.2, 0.25) is 0 Å². The fraction of sp³-hybridized carbons (Fsp3) is 0.778. The molecule has 18 heavy (non-hydrogen) atoms. The summed E-state index contributed by atoms with van der Waals surface area (Å²) in [5, 5.41) is 0. The summed E-state index contributed by atoms with van der Waals surface area (Å²) in [7, 11) is 3.73. The van der Waals surface area contributed by atoms with Gasteiger partial charge in [0.15, 0.2) is 0 Å². The van der Waals surface area contributed by atoms with E-state index in [-0.39, 0.29) is 5.75 Å². The van der Waals surface area contributed by atoms with Crippen molar-refractivity contribution in [1.29, 1.82) is 0 Å². The first-order valence-electron chi connectivity index (χ1n) is 5.15. The lowest BCUT2D eigenvalue weighted by Gasteiger charge is -2.12. The molecule has 0 atom stereocenters. The van der Waals surface area contributed by atoms with E-state index in [4.69, 9.17) is 16.8 Å². The summed E-state index contributed by atoms with van der Waals surface area (Å²) in [5.41, 5.74) is 0. The number of nitrogens with zero attached hydrogens (tertiary/aromatic N) is 2. The Bertz CT molecular complexity index is 414. The van der Waals surface area contributed by atoms with Crippen LogP contribution in [0.1, 0.15) is 6.42 Å². The van der Waals surface area contributed by atoms with Crippen LogP contribution in [0.15, 0.2) is 0 Å². The van der Waals surface area contributed by atoms with Crippen LogP contribution in [-0.4, -0.2) is 70.8 Å².